The zero-order valence-corrected chi connectivity index (χ0v) is 11.0. The van der Waals surface area contributed by atoms with E-state index in [-0.39, 0.29) is 0 Å². The van der Waals surface area contributed by atoms with Crippen molar-refractivity contribution in [2.24, 2.45) is 0 Å². The van der Waals surface area contributed by atoms with Gasteiger partial charge in [0.25, 0.3) is 0 Å². The van der Waals surface area contributed by atoms with Crippen molar-refractivity contribution >= 4 is 21.7 Å². The van der Waals surface area contributed by atoms with Gasteiger partial charge in [0, 0.05) is 25.3 Å². The fourth-order valence-electron chi connectivity index (χ4n) is 1.68. The molecular formula is C11H16BrN3O. The number of aromatic nitrogens is 2. The van der Waals surface area contributed by atoms with Crippen LogP contribution in [0.25, 0.3) is 0 Å². The summed E-state index contributed by atoms with van der Waals surface area (Å²) in [6.45, 7) is 4.63. The van der Waals surface area contributed by atoms with Gasteiger partial charge in [0.1, 0.15) is 11.6 Å². The van der Waals surface area contributed by atoms with E-state index < -0.39 is 0 Å². The molecular weight excluding hydrogens is 270 g/mol. The van der Waals surface area contributed by atoms with Crippen LogP contribution in [0.1, 0.15) is 31.5 Å². The molecule has 0 amide bonds. The van der Waals surface area contributed by atoms with Crippen LogP contribution < -0.4 is 5.32 Å². The zero-order valence-electron chi connectivity index (χ0n) is 9.37. The lowest BCUT2D eigenvalue weighted by Crippen LogP contribution is -2.09. The van der Waals surface area contributed by atoms with Gasteiger partial charge in [-0.1, -0.05) is 6.92 Å². The van der Waals surface area contributed by atoms with Gasteiger partial charge in [-0.15, -0.1) is 0 Å². The summed E-state index contributed by atoms with van der Waals surface area (Å²) < 4.78 is 6.27. The van der Waals surface area contributed by atoms with Crippen LogP contribution in [0.5, 0.6) is 0 Å². The minimum atomic E-state index is 0.357. The molecule has 0 bridgehead atoms. The Morgan fingerprint density at radius 1 is 1.62 bits per heavy atom. The van der Waals surface area contributed by atoms with Crippen molar-refractivity contribution in [2.45, 2.75) is 25.7 Å². The van der Waals surface area contributed by atoms with Crippen LogP contribution in [0.15, 0.2) is 10.7 Å². The van der Waals surface area contributed by atoms with Crippen molar-refractivity contribution in [3.63, 3.8) is 0 Å². The molecule has 4 nitrogen and oxygen atoms in total. The normalized spacial score (nSPS) is 20.0. The van der Waals surface area contributed by atoms with Gasteiger partial charge in [0.15, 0.2) is 0 Å². The molecule has 0 saturated carbocycles. The molecule has 1 aliphatic rings. The van der Waals surface area contributed by atoms with E-state index in [0.29, 0.717) is 5.92 Å². The largest absolute Gasteiger partial charge is 0.381 e. The minimum absolute atomic E-state index is 0.357. The van der Waals surface area contributed by atoms with E-state index >= 15 is 0 Å². The number of halogens is 1. The van der Waals surface area contributed by atoms with Crippen LogP contribution in [-0.2, 0) is 4.74 Å². The van der Waals surface area contributed by atoms with E-state index in [0.717, 1.165) is 48.7 Å². The van der Waals surface area contributed by atoms with Gasteiger partial charge < -0.3 is 10.1 Å². The summed E-state index contributed by atoms with van der Waals surface area (Å²) >= 11 is 3.45. The highest BCUT2D eigenvalue weighted by Crippen LogP contribution is 2.26. The highest BCUT2D eigenvalue weighted by atomic mass is 79.9. The quantitative estimate of drug-likeness (QED) is 0.924. The Morgan fingerprint density at radius 3 is 3.19 bits per heavy atom. The predicted molar refractivity (Wildman–Crippen MR) is 66.7 cm³/mol. The van der Waals surface area contributed by atoms with Crippen LogP contribution in [0.4, 0.5) is 5.82 Å². The predicted octanol–water partition coefficient (Wildman–Crippen LogP) is 2.56. The van der Waals surface area contributed by atoms with Crippen LogP contribution in [-0.4, -0.2) is 29.7 Å². The average molecular weight is 286 g/mol. The molecule has 2 rings (SSSR count). The molecule has 0 spiro atoms. The summed E-state index contributed by atoms with van der Waals surface area (Å²) in [5.41, 5.74) is 0. The maximum absolute atomic E-state index is 5.35. The van der Waals surface area contributed by atoms with E-state index in [1.54, 1.807) is 0 Å². The molecule has 1 fully saturated rings. The van der Waals surface area contributed by atoms with Crippen molar-refractivity contribution in [1.29, 1.82) is 0 Å². The molecule has 1 unspecified atom stereocenters. The monoisotopic (exact) mass is 285 g/mol. The second-order valence-corrected chi connectivity index (χ2v) is 4.77. The van der Waals surface area contributed by atoms with Crippen LogP contribution in [0.2, 0.25) is 0 Å². The summed E-state index contributed by atoms with van der Waals surface area (Å²) in [5.74, 6) is 2.13. The molecule has 5 heteroatoms. The first-order valence-corrected chi connectivity index (χ1v) is 6.44. The van der Waals surface area contributed by atoms with E-state index in [1.165, 1.54) is 0 Å². The van der Waals surface area contributed by atoms with Crippen molar-refractivity contribution in [1.82, 2.24) is 9.97 Å². The lowest BCUT2D eigenvalue weighted by molar-refractivity contribution is 0.193. The van der Waals surface area contributed by atoms with Crippen molar-refractivity contribution in [3.05, 3.63) is 16.5 Å². The second kappa shape index (κ2) is 5.59. The smallest absolute Gasteiger partial charge is 0.144 e. The maximum atomic E-state index is 5.35. The number of nitrogens with zero attached hydrogens (tertiary/aromatic N) is 2. The Morgan fingerprint density at radius 2 is 2.50 bits per heavy atom. The van der Waals surface area contributed by atoms with Gasteiger partial charge in [0.05, 0.1) is 11.1 Å². The first kappa shape index (κ1) is 11.8. The highest BCUT2D eigenvalue weighted by molar-refractivity contribution is 9.10. The maximum Gasteiger partial charge on any atom is 0.144 e. The topological polar surface area (TPSA) is 47.0 Å². The third-order valence-electron chi connectivity index (χ3n) is 2.60. The fraction of sp³-hybridized carbons (Fsp3) is 0.636. The molecule has 0 aliphatic carbocycles. The first-order valence-electron chi connectivity index (χ1n) is 5.65. The van der Waals surface area contributed by atoms with Gasteiger partial charge in [-0.25, -0.2) is 9.97 Å². The van der Waals surface area contributed by atoms with Crippen molar-refractivity contribution in [3.8, 4) is 0 Å². The molecule has 16 heavy (non-hydrogen) atoms. The highest BCUT2D eigenvalue weighted by Gasteiger charge is 2.21. The number of nitrogens with one attached hydrogen (secondary N) is 1. The zero-order chi connectivity index (χ0) is 11.4. The Hall–Kier alpha value is -0.680. The molecule has 88 valence electrons. The summed E-state index contributed by atoms with van der Waals surface area (Å²) in [6.07, 6.45) is 3.92. The van der Waals surface area contributed by atoms with Gasteiger partial charge in [-0.3, -0.25) is 0 Å². The Kier molecular flexibility index (Phi) is 4.12. The van der Waals surface area contributed by atoms with E-state index in [1.807, 2.05) is 6.20 Å². The molecule has 1 aromatic rings. The van der Waals surface area contributed by atoms with E-state index in [2.05, 4.69) is 38.1 Å². The first-order chi connectivity index (χ1) is 7.81. The molecule has 0 radical (unpaired) electrons. The summed E-state index contributed by atoms with van der Waals surface area (Å²) in [5, 5.41) is 3.29. The number of ether oxygens (including phenoxy) is 1. The third-order valence-corrected chi connectivity index (χ3v) is 3.18. The Labute approximate surface area is 104 Å². The third kappa shape index (κ3) is 2.71. The van der Waals surface area contributed by atoms with Crippen molar-refractivity contribution < 1.29 is 4.74 Å². The number of rotatable bonds is 4. The molecule has 1 N–H and O–H groups in total. The summed E-state index contributed by atoms with van der Waals surface area (Å²) in [4.78, 5) is 8.89. The van der Waals surface area contributed by atoms with Crippen LogP contribution in [0.3, 0.4) is 0 Å². The molecule has 1 atom stereocenters. The standard InChI is InChI=1S/C11H16BrN3O/c1-2-4-13-11-9(12)6-14-10(15-11)8-3-5-16-7-8/h6,8H,2-5,7H2,1H3,(H,13,14,15). The molecule has 1 aromatic heterocycles. The van der Waals surface area contributed by atoms with Gasteiger partial charge in [-0.2, -0.15) is 0 Å². The minimum Gasteiger partial charge on any atom is -0.381 e. The Balaban J connectivity index is 2.13. The molecule has 1 aliphatic heterocycles. The Bertz CT molecular complexity index is 353. The number of hydrogen-bond acceptors (Lipinski definition) is 4. The van der Waals surface area contributed by atoms with Gasteiger partial charge in [-0.05, 0) is 28.8 Å². The SMILES string of the molecule is CCCNc1nc(C2CCOC2)ncc1Br. The lowest BCUT2D eigenvalue weighted by Gasteiger charge is -2.10. The number of anilines is 1. The van der Waals surface area contributed by atoms with Crippen LogP contribution in [0, 0.1) is 0 Å². The van der Waals surface area contributed by atoms with E-state index in [4.69, 9.17) is 4.74 Å². The molecule has 1 saturated heterocycles. The van der Waals surface area contributed by atoms with Gasteiger partial charge >= 0.3 is 0 Å². The molecule has 2 heterocycles. The summed E-state index contributed by atoms with van der Waals surface area (Å²) in [7, 11) is 0. The van der Waals surface area contributed by atoms with Gasteiger partial charge in [0.2, 0.25) is 0 Å². The van der Waals surface area contributed by atoms with Crippen molar-refractivity contribution in [2.75, 3.05) is 25.1 Å². The van der Waals surface area contributed by atoms with Crippen LogP contribution >= 0.6 is 15.9 Å². The number of hydrogen-bond donors (Lipinski definition) is 1. The lowest BCUT2D eigenvalue weighted by atomic mass is 10.1. The molecule has 0 aromatic carbocycles. The average Bonchev–Trinajstić information content (AvgIpc) is 2.81. The van der Waals surface area contributed by atoms with E-state index in [9.17, 15) is 0 Å². The summed E-state index contributed by atoms with van der Waals surface area (Å²) in [6, 6.07) is 0. The second-order valence-electron chi connectivity index (χ2n) is 3.91. The fourth-order valence-corrected chi connectivity index (χ4v) is 2.01.